The molecule has 1 saturated carbocycles. The zero-order chi connectivity index (χ0) is 13.1. The van der Waals surface area contributed by atoms with Crippen molar-refractivity contribution >= 4 is 0 Å². The third-order valence-corrected chi connectivity index (χ3v) is 3.89. The summed E-state index contributed by atoms with van der Waals surface area (Å²) in [4.78, 5) is 0. The summed E-state index contributed by atoms with van der Waals surface area (Å²) >= 11 is 0. The van der Waals surface area contributed by atoms with E-state index < -0.39 is 0 Å². The molecule has 1 unspecified atom stereocenters. The molecule has 1 aliphatic carbocycles. The van der Waals surface area contributed by atoms with E-state index in [4.69, 9.17) is 4.42 Å². The SMILES string of the molecule is Cc1ccccc1C(CNC1CC1)Cc1ccco1. The molecule has 19 heavy (non-hydrogen) atoms. The molecule has 0 amide bonds. The Labute approximate surface area is 114 Å². The second kappa shape index (κ2) is 5.62. The highest BCUT2D eigenvalue weighted by atomic mass is 16.3. The number of hydrogen-bond acceptors (Lipinski definition) is 2. The van der Waals surface area contributed by atoms with Crippen molar-refractivity contribution in [1.82, 2.24) is 5.32 Å². The van der Waals surface area contributed by atoms with Gasteiger partial charge in [-0.25, -0.2) is 0 Å². The zero-order valence-corrected chi connectivity index (χ0v) is 11.4. The van der Waals surface area contributed by atoms with Crippen LogP contribution in [-0.4, -0.2) is 12.6 Å². The number of rotatable bonds is 6. The highest BCUT2D eigenvalue weighted by Crippen LogP contribution is 2.26. The second-order valence-corrected chi connectivity index (χ2v) is 5.52. The molecule has 1 atom stereocenters. The van der Waals surface area contributed by atoms with Crippen molar-refractivity contribution < 1.29 is 4.42 Å². The highest BCUT2D eigenvalue weighted by Gasteiger charge is 2.23. The molecule has 1 aromatic heterocycles. The van der Waals surface area contributed by atoms with Crippen LogP contribution in [0.25, 0.3) is 0 Å². The summed E-state index contributed by atoms with van der Waals surface area (Å²) in [5.41, 5.74) is 2.81. The zero-order valence-electron chi connectivity index (χ0n) is 11.4. The number of benzene rings is 1. The van der Waals surface area contributed by atoms with E-state index in [9.17, 15) is 0 Å². The van der Waals surface area contributed by atoms with E-state index in [1.54, 1.807) is 6.26 Å². The minimum atomic E-state index is 0.493. The van der Waals surface area contributed by atoms with Gasteiger partial charge >= 0.3 is 0 Å². The van der Waals surface area contributed by atoms with E-state index in [1.165, 1.54) is 24.0 Å². The second-order valence-electron chi connectivity index (χ2n) is 5.52. The van der Waals surface area contributed by atoms with Gasteiger partial charge in [-0.15, -0.1) is 0 Å². The van der Waals surface area contributed by atoms with Crippen molar-refractivity contribution in [2.75, 3.05) is 6.54 Å². The molecule has 0 radical (unpaired) electrons. The Morgan fingerprint density at radius 1 is 1.21 bits per heavy atom. The lowest BCUT2D eigenvalue weighted by Crippen LogP contribution is -2.25. The van der Waals surface area contributed by atoms with Crippen LogP contribution in [0.1, 0.15) is 35.6 Å². The molecule has 2 heteroatoms. The lowest BCUT2D eigenvalue weighted by molar-refractivity contribution is 0.471. The van der Waals surface area contributed by atoms with Gasteiger partial charge in [0.15, 0.2) is 0 Å². The Balaban J connectivity index is 1.76. The van der Waals surface area contributed by atoms with Crippen LogP contribution >= 0.6 is 0 Å². The molecular formula is C17H21NO. The smallest absolute Gasteiger partial charge is 0.104 e. The molecule has 3 rings (SSSR count). The molecule has 0 bridgehead atoms. The van der Waals surface area contributed by atoms with E-state index >= 15 is 0 Å². The molecular weight excluding hydrogens is 234 g/mol. The maximum absolute atomic E-state index is 5.52. The highest BCUT2D eigenvalue weighted by molar-refractivity contribution is 5.30. The maximum atomic E-state index is 5.52. The van der Waals surface area contributed by atoms with E-state index in [2.05, 4.69) is 42.6 Å². The average Bonchev–Trinajstić information content (AvgIpc) is 3.11. The lowest BCUT2D eigenvalue weighted by Gasteiger charge is -2.19. The van der Waals surface area contributed by atoms with Gasteiger partial charge in [0.1, 0.15) is 5.76 Å². The summed E-state index contributed by atoms with van der Waals surface area (Å²) in [7, 11) is 0. The molecule has 2 aromatic rings. The third kappa shape index (κ3) is 3.27. The normalized spacial score (nSPS) is 16.5. The minimum absolute atomic E-state index is 0.493. The molecule has 0 spiro atoms. The molecule has 1 fully saturated rings. The van der Waals surface area contributed by atoms with Crippen molar-refractivity contribution in [2.45, 2.75) is 38.1 Å². The first-order chi connectivity index (χ1) is 9.33. The van der Waals surface area contributed by atoms with Gasteiger partial charge in [0.2, 0.25) is 0 Å². The van der Waals surface area contributed by atoms with Crippen LogP contribution in [-0.2, 0) is 6.42 Å². The van der Waals surface area contributed by atoms with Gasteiger partial charge in [-0.3, -0.25) is 0 Å². The summed E-state index contributed by atoms with van der Waals surface area (Å²) in [5.74, 6) is 1.57. The Bertz CT molecular complexity index is 514. The quantitative estimate of drug-likeness (QED) is 0.852. The lowest BCUT2D eigenvalue weighted by atomic mass is 9.91. The predicted molar refractivity (Wildman–Crippen MR) is 77.4 cm³/mol. The predicted octanol–water partition coefficient (Wildman–Crippen LogP) is 3.67. The van der Waals surface area contributed by atoms with Crippen LogP contribution in [0.15, 0.2) is 47.1 Å². The number of nitrogens with one attached hydrogen (secondary N) is 1. The van der Waals surface area contributed by atoms with Crippen molar-refractivity contribution in [3.63, 3.8) is 0 Å². The first kappa shape index (κ1) is 12.5. The molecule has 0 aliphatic heterocycles. The first-order valence-corrected chi connectivity index (χ1v) is 7.14. The van der Waals surface area contributed by atoms with Crippen molar-refractivity contribution in [2.24, 2.45) is 0 Å². The summed E-state index contributed by atoms with van der Waals surface area (Å²) in [6.07, 6.45) is 5.40. The van der Waals surface area contributed by atoms with Gasteiger partial charge < -0.3 is 9.73 Å². The van der Waals surface area contributed by atoms with Crippen molar-refractivity contribution in [3.05, 3.63) is 59.5 Å². The third-order valence-electron chi connectivity index (χ3n) is 3.89. The van der Waals surface area contributed by atoms with Gasteiger partial charge in [-0.05, 0) is 43.0 Å². The molecule has 1 aliphatic rings. The molecule has 1 heterocycles. The largest absolute Gasteiger partial charge is 0.469 e. The number of hydrogen-bond donors (Lipinski definition) is 1. The van der Waals surface area contributed by atoms with E-state index in [1.807, 2.05) is 6.07 Å². The molecule has 100 valence electrons. The van der Waals surface area contributed by atoms with Gasteiger partial charge in [0, 0.05) is 24.9 Å². The Hall–Kier alpha value is -1.54. The number of aryl methyl sites for hydroxylation is 1. The molecule has 1 N–H and O–H groups in total. The van der Waals surface area contributed by atoms with Crippen LogP contribution in [0, 0.1) is 6.92 Å². The summed E-state index contributed by atoms with van der Waals surface area (Å²) in [6.45, 7) is 3.23. The van der Waals surface area contributed by atoms with Crippen LogP contribution in [0.2, 0.25) is 0 Å². The molecule has 1 aromatic carbocycles. The number of furan rings is 1. The Kier molecular flexibility index (Phi) is 3.69. The van der Waals surface area contributed by atoms with Gasteiger partial charge in [0.25, 0.3) is 0 Å². The van der Waals surface area contributed by atoms with Crippen LogP contribution < -0.4 is 5.32 Å². The fourth-order valence-electron chi connectivity index (χ4n) is 2.60. The maximum Gasteiger partial charge on any atom is 0.104 e. The summed E-state index contributed by atoms with van der Waals surface area (Å²) in [5, 5.41) is 3.65. The molecule has 0 saturated heterocycles. The fourth-order valence-corrected chi connectivity index (χ4v) is 2.60. The van der Waals surface area contributed by atoms with Crippen molar-refractivity contribution in [3.8, 4) is 0 Å². The van der Waals surface area contributed by atoms with Gasteiger partial charge in [-0.2, -0.15) is 0 Å². The van der Waals surface area contributed by atoms with E-state index in [-0.39, 0.29) is 0 Å². The Morgan fingerprint density at radius 3 is 2.74 bits per heavy atom. The van der Waals surface area contributed by atoms with Crippen LogP contribution in [0.4, 0.5) is 0 Å². The topological polar surface area (TPSA) is 25.2 Å². The summed E-state index contributed by atoms with van der Waals surface area (Å²) in [6, 6.07) is 13.5. The summed E-state index contributed by atoms with van der Waals surface area (Å²) < 4.78 is 5.52. The van der Waals surface area contributed by atoms with Crippen LogP contribution in [0.3, 0.4) is 0 Å². The standard InChI is InChI=1S/C17H21NO/c1-13-5-2-3-7-17(13)14(12-18-15-8-9-15)11-16-6-4-10-19-16/h2-7,10,14-15,18H,8-9,11-12H2,1H3. The monoisotopic (exact) mass is 255 g/mol. The van der Waals surface area contributed by atoms with Crippen LogP contribution in [0.5, 0.6) is 0 Å². The van der Waals surface area contributed by atoms with E-state index in [0.29, 0.717) is 5.92 Å². The van der Waals surface area contributed by atoms with E-state index in [0.717, 1.165) is 24.8 Å². The first-order valence-electron chi connectivity index (χ1n) is 7.14. The van der Waals surface area contributed by atoms with Crippen molar-refractivity contribution in [1.29, 1.82) is 0 Å². The Morgan fingerprint density at radius 2 is 2.05 bits per heavy atom. The van der Waals surface area contributed by atoms with Gasteiger partial charge in [0.05, 0.1) is 6.26 Å². The molecule has 2 nitrogen and oxygen atoms in total. The fraction of sp³-hybridized carbons (Fsp3) is 0.412. The average molecular weight is 255 g/mol. The van der Waals surface area contributed by atoms with Gasteiger partial charge in [-0.1, -0.05) is 24.3 Å². The minimum Gasteiger partial charge on any atom is -0.469 e.